The number of methoxy groups -OCH3 is 1. The second-order valence-electron chi connectivity index (χ2n) is 6.95. The number of unbranched alkanes of at least 4 members (excludes halogenated alkanes) is 1. The normalized spacial score (nSPS) is 16.5. The van der Waals surface area contributed by atoms with Gasteiger partial charge >= 0.3 is 5.97 Å². The monoisotopic (exact) mass is 439 g/mol. The van der Waals surface area contributed by atoms with Crippen molar-refractivity contribution < 1.29 is 19.1 Å². The average molecular weight is 440 g/mol. The van der Waals surface area contributed by atoms with E-state index in [-0.39, 0.29) is 18.2 Å². The lowest BCUT2D eigenvalue weighted by atomic mass is 10.2. The third-order valence-electron chi connectivity index (χ3n) is 4.70. The van der Waals surface area contributed by atoms with Crippen molar-refractivity contribution in [3.05, 3.63) is 60.2 Å². The Labute approximate surface area is 185 Å². The van der Waals surface area contributed by atoms with Gasteiger partial charge in [-0.25, -0.2) is 14.7 Å². The van der Waals surface area contributed by atoms with Gasteiger partial charge in [0.25, 0.3) is 0 Å². The number of esters is 1. The zero-order chi connectivity index (χ0) is 22.2. The van der Waals surface area contributed by atoms with Gasteiger partial charge in [-0.05, 0) is 42.8 Å². The predicted octanol–water partition coefficient (Wildman–Crippen LogP) is 3.92. The molecule has 2 aromatic carbocycles. The van der Waals surface area contributed by atoms with Crippen LogP contribution >= 0.6 is 11.8 Å². The number of benzene rings is 2. The van der Waals surface area contributed by atoms with Crippen molar-refractivity contribution in [2.75, 3.05) is 18.6 Å². The first-order valence-corrected chi connectivity index (χ1v) is 11.0. The van der Waals surface area contributed by atoms with Crippen LogP contribution in [0.5, 0.6) is 0 Å². The lowest BCUT2D eigenvalue weighted by Crippen LogP contribution is -2.32. The van der Waals surface area contributed by atoms with E-state index in [4.69, 9.17) is 0 Å². The maximum atomic E-state index is 13.0. The summed E-state index contributed by atoms with van der Waals surface area (Å²) in [6, 6.07) is 15.7. The fourth-order valence-corrected chi connectivity index (χ4v) is 4.11. The summed E-state index contributed by atoms with van der Waals surface area (Å²) < 4.78 is 4.68. The molecule has 0 radical (unpaired) electrons. The van der Waals surface area contributed by atoms with E-state index in [9.17, 15) is 14.4 Å². The van der Waals surface area contributed by atoms with Crippen molar-refractivity contribution in [2.24, 2.45) is 4.99 Å². The summed E-state index contributed by atoms with van der Waals surface area (Å²) in [5.74, 6) is -1.04. The number of imide groups is 1. The fraction of sp³-hybridized carbons (Fsp3) is 0.304. The molecule has 7 nitrogen and oxygen atoms in total. The highest BCUT2D eigenvalue weighted by molar-refractivity contribution is 8.15. The van der Waals surface area contributed by atoms with E-state index in [2.05, 4.69) is 22.0 Å². The van der Waals surface area contributed by atoms with Gasteiger partial charge in [-0.1, -0.05) is 43.3 Å². The fourth-order valence-electron chi connectivity index (χ4n) is 3.07. The maximum absolute atomic E-state index is 13.0. The molecule has 1 heterocycles. The summed E-state index contributed by atoms with van der Waals surface area (Å²) in [5.41, 5.74) is 1.57. The molecule has 1 atom stereocenters. The lowest BCUT2D eigenvalue weighted by Gasteiger charge is -2.16. The van der Waals surface area contributed by atoms with E-state index in [0.29, 0.717) is 16.4 Å². The minimum atomic E-state index is -0.565. The molecule has 0 saturated carbocycles. The van der Waals surface area contributed by atoms with Crippen LogP contribution in [0.25, 0.3) is 0 Å². The van der Waals surface area contributed by atoms with Crippen molar-refractivity contribution in [1.82, 2.24) is 5.32 Å². The molecule has 1 N–H and O–H groups in total. The lowest BCUT2D eigenvalue weighted by molar-refractivity contribution is -0.121. The van der Waals surface area contributed by atoms with Gasteiger partial charge in [0.1, 0.15) is 5.25 Å². The third-order valence-corrected chi connectivity index (χ3v) is 5.81. The molecule has 0 bridgehead atoms. The van der Waals surface area contributed by atoms with Gasteiger partial charge in [0.05, 0.1) is 24.0 Å². The molecule has 2 amide bonds. The van der Waals surface area contributed by atoms with Crippen LogP contribution in [-0.2, 0) is 14.3 Å². The number of amides is 2. The van der Waals surface area contributed by atoms with Crippen LogP contribution in [0.4, 0.5) is 11.4 Å². The SMILES string of the molecule is CCCCN/C(=N\c1ccccc1)SC1CC(=O)N(c2ccc(C(=O)OC)cc2)C1=O. The summed E-state index contributed by atoms with van der Waals surface area (Å²) in [7, 11) is 1.30. The molecule has 0 spiro atoms. The summed E-state index contributed by atoms with van der Waals surface area (Å²) >= 11 is 1.27. The van der Waals surface area contributed by atoms with E-state index >= 15 is 0 Å². The minimum absolute atomic E-state index is 0.0888. The summed E-state index contributed by atoms with van der Waals surface area (Å²) in [4.78, 5) is 43.0. The van der Waals surface area contributed by atoms with Crippen LogP contribution in [0.2, 0.25) is 0 Å². The van der Waals surface area contributed by atoms with Gasteiger partial charge in [0.15, 0.2) is 5.17 Å². The molecule has 0 aromatic heterocycles. The summed E-state index contributed by atoms with van der Waals surface area (Å²) in [5, 5.41) is 3.35. The number of nitrogens with one attached hydrogen (secondary N) is 1. The zero-order valence-corrected chi connectivity index (χ0v) is 18.4. The highest BCUT2D eigenvalue weighted by atomic mass is 32.2. The van der Waals surface area contributed by atoms with Crippen molar-refractivity contribution in [1.29, 1.82) is 0 Å². The van der Waals surface area contributed by atoms with Crippen molar-refractivity contribution in [2.45, 2.75) is 31.4 Å². The smallest absolute Gasteiger partial charge is 0.337 e. The number of aliphatic imine (C=N–C) groups is 1. The molecule has 1 aliphatic heterocycles. The highest BCUT2D eigenvalue weighted by Crippen LogP contribution is 2.31. The Kier molecular flexibility index (Phi) is 7.83. The molecule has 8 heteroatoms. The zero-order valence-electron chi connectivity index (χ0n) is 17.5. The third kappa shape index (κ3) is 5.73. The van der Waals surface area contributed by atoms with Crippen LogP contribution in [0.3, 0.4) is 0 Å². The van der Waals surface area contributed by atoms with E-state index in [0.717, 1.165) is 25.1 Å². The number of thioether (sulfide) groups is 1. The number of nitrogens with zero attached hydrogens (tertiary/aromatic N) is 2. The number of para-hydroxylation sites is 1. The van der Waals surface area contributed by atoms with Gasteiger partial charge in [-0.15, -0.1) is 0 Å². The Hall–Kier alpha value is -3.13. The Bertz CT molecular complexity index is 961. The Morgan fingerprint density at radius 1 is 1.16 bits per heavy atom. The molecule has 31 heavy (non-hydrogen) atoms. The van der Waals surface area contributed by atoms with Gasteiger partial charge in [-0.3, -0.25) is 9.59 Å². The number of amidine groups is 1. The Morgan fingerprint density at radius 2 is 1.87 bits per heavy atom. The minimum Gasteiger partial charge on any atom is -0.465 e. The van der Waals surface area contributed by atoms with Crippen LogP contribution in [0.1, 0.15) is 36.5 Å². The number of carbonyl (C=O) groups excluding carboxylic acids is 3. The molecule has 1 saturated heterocycles. The van der Waals surface area contributed by atoms with Gasteiger partial charge < -0.3 is 10.1 Å². The van der Waals surface area contributed by atoms with E-state index in [1.807, 2.05) is 30.3 Å². The van der Waals surface area contributed by atoms with E-state index in [1.54, 1.807) is 12.1 Å². The molecule has 0 aliphatic carbocycles. The standard InChI is InChI=1S/C23H25N3O4S/c1-3-4-14-24-23(25-17-8-6-5-7-9-17)31-19-15-20(27)26(21(19)28)18-12-10-16(11-13-18)22(29)30-2/h5-13,19H,3-4,14-15H2,1-2H3,(H,24,25). The number of hydrogen-bond donors (Lipinski definition) is 1. The van der Waals surface area contributed by atoms with Gasteiger partial charge in [0, 0.05) is 13.0 Å². The number of carbonyl (C=O) groups is 3. The van der Waals surface area contributed by atoms with E-state index in [1.165, 1.54) is 35.9 Å². The highest BCUT2D eigenvalue weighted by Gasteiger charge is 2.40. The molecule has 3 rings (SSSR count). The number of rotatable bonds is 7. The van der Waals surface area contributed by atoms with Crippen molar-refractivity contribution in [3.63, 3.8) is 0 Å². The molecule has 1 unspecified atom stereocenters. The predicted molar refractivity (Wildman–Crippen MR) is 123 cm³/mol. The molecular weight excluding hydrogens is 414 g/mol. The summed E-state index contributed by atoms with van der Waals surface area (Å²) in [6.45, 7) is 2.84. The van der Waals surface area contributed by atoms with Gasteiger partial charge in [-0.2, -0.15) is 0 Å². The van der Waals surface area contributed by atoms with Crippen LogP contribution in [0.15, 0.2) is 59.6 Å². The van der Waals surface area contributed by atoms with Crippen LogP contribution < -0.4 is 10.2 Å². The largest absolute Gasteiger partial charge is 0.465 e. The topological polar surface area (TPSA) is 88.1 Å². The summed E-state index contributed by atoms with van der Waals surface area (Å²) in [6.07, 6.45) is 2.10. The van der Waals surface area contributed by atoms with Crippen molar-refractivity contribution >= 4 is 46.1 Å². The Morgan fingerprint density at radius 3 is 2.52 bits per heavy atom. The number of hydrogen-bond acceptors (Lipinski definition) is 6. The van der Waals surface area contributed by atoms with Crippen LogP contribution in [-0.4, -0.2) is 41.9 Å². The molecule has 162 valence electrons. The molecule has 1 aliphatic rings. The second-order valence-corrected chi connectivity index (χ2v) is 8.14. The van der Waals surface area contributed by atoms with Crippen LogP contribution in [0, 0.1) is 0 Å². The quantitative estimate of drug-likeness (QED) is 0.231. The first-order chi connectivity index (χ1) is 15.0. The first-order valence-electron chi connectivity index (χ1n) is 10.1. The maximum Gasteiger partial charge on any atom is 0.337 e. The van der Waals surface area contributed by atoms with Gasteiger partial charge in [0.2, 0.25) is 11.8 Å². The molecule has 1 fully saturated rings. The molecule has 2 aromatic rings. The van der Waals surface area contributed by atoms with E-state index < -0.39 is 11.2 Å². The second kappa shape index (κ2) is 10.8. The van der Waals surface area contributed by atoms with Crippen molar-refractivity contribution in [3.8, 4) is 0 Å². The average Bonchev–Trinajstić information content (AvgIpc) is 3.06. The molecular formula is C23H25N3O4S. The Balaban J connectivity index is 1.76. The number of ether oxygens (including phenoxy) is 1. The number of anilines is 1. The first kappa shape index (κ1) is 22.6.